The fourth-order valence-electron chi connectivity index (χ4n) is 4.74. The highest BCUT2D eigenvalue weighted by atomic mass is 19.1. The molecule has 2 aliphatic heterocycles. The van der Waals surface area contributed by atoms with Crippen molar-refractivity contribution < 1.29 is 18.3 Å². The highest BCUT2D eigenvalue weighted by Gasteiger charge is 2.43. The van der Waals surface area contributed by atoms with Crippen molar-refractivity contribution in [2.24, 2.45) is 5.73 Å². The minimum absolute atomic E-state index is 0.0558. The number of fused-ring (bicyclic) bond motifs is 8. The van der Waals surface area contributed by atoms with Gasteiger partial charge in [-0.1, -0.05) is 12.1 Å². The van der Waals surface area contributed by atoms with Crippen LogP contribution in [0.2, 0.25) is 0 Å². The van der Waals surface area contributed by atoms with Gasteiger partial charge in [-0.05, 0) is 64.7 Å². The highest BCUT2D eigenvalue weighted by Crippen LogP contribution is 2.54. The number of nitrogen functional groups attached to an aromatic ring is 1. The van der Waals surface area contributed by atoms with E-state index in [1.54, 1.807) is 23.0 Å². The van der Waals surface area contributed by atoms with Crippen molar-refractivity contribution in [2.45, 2.75) is 18.8 Å². The Labute approximate surface area is 198 Å². The molecule has 1 amide bonds. The first-order valence-corrected chi connectivity index (χ1v) is 10.9. The minimum atomic E-state index is -0.875. The van der Waals surface area contributed by atoms with Crippen molar-refractivity contribution in [3.63, 3.8) is 0 Å². The lowest BCUT2D eigenvalue weighted by molar-refractivity contribution is 0.0857. The molecule has 174 valence electrons. The largest absolute Gasteiger partial charge is 0.384 e. The Morgan fingerprint density at radius 2 is 1.69 bits per heavy atom. The molecule has 0 saturated heterocycles. The first-order chi connectivity index (χ1) is 16.9. The van der Waals surface area contributed by atoms with E-state index in [0.29, 0.717) is 5.56 Å². The summed E-state index contributed by atoms with van der Waals surface area (Å²) in [5.41, 5.74) is 10.3. The molecule has 3 heterocycles. The number of amides is 1. The number of nitrogens with two attached hydrogens (primary N) is 1. The molecule has 35 heavy (non-hydrogen) atoms. The first kappa shape index (κ1) is 21.2. The smallest absolute Gasteiger partial charge is 0.251 e. The standard InChI is InChI=1S/C26H19F2N5O2/c27-21-9-14(25(29)30)10-22(28)20(21)12-31-26(34)13-2-4-16-18(8-13)24-19-11-15(33-7-1-6-32-33)3-5-17(19)23(16)35-24/h1-11,23-24H,12H2,(H3,29,30)(H,31,34)/t23-,24+/m1/s1. The van der Waals surface area contributed by atoms with Gasteiger partial charge in [0.2, 0.25) is 0 Å². The molecular weight excluding hydrogens is 452 g/mol. The molecule has 4 aromatic rings. The molecule has 0 unspecified atom stereocenters. The van der Waals surface area contributed by atoms with Crippen LogP contribution in [0.25, 0.3) is 5.69 Å². The lowest BCUT2D eigenvalue weighted by Gasteiger charge is -2.18. The Hall–Kier alpha value is -4.37. The van der Waals surface area contributed by atoms with Gasteiger partial charge in [-0.15, -0.1) is 0 Å². The van der Waals surface area contributed by atoms with Gasteiger partial charge in [0.05, 0.1) is 5.69 Å². The van der Waals surface area contributed by atoms with Gasteiger partial charge < -0.3 is 15.8 Å². The SMILES string of the molecule is N=C(N)c1cc(F)c(CNC(=O)c2ccc3c(c2)[C@@H]2O[C@H]3c3ccc(-n4cccn4)cc32)c(F)c1. The molecule has 0 fully saturated rings. The topological polar surface area (TPSA) is 106 Å². The van der Waals surface area contributed by atoms with Gasteiger partial charge in [-0.25, -0.2) is 13.5 Å². The Balaban J connectivity index is 1.24. The molecule has 9 heteroatoms. The lowest BCUT2D eigenvalue weighted by Crippen LogP contribution is -2.24. The van der Waals surface area contributed by atoms with Crippen LogP contribution in [0.1, 0.15) is 55.9 Å². The van der Waals surface area contributed by atoms with E-state index in [1.807, 2.05) is 36.5 Å². The van der Waals surface area contributed by atoms with Gasteiger partial charge in [0, 0.05) is 35.6 Å². The van der Waals surface area contributed by atoms with Crippen molar-refractivity contribution >= 4 is 11.7 Å². The zero-order valence-corrected chi connectivity index (χ0v) is 18.3. The summed E-state index contributed by atoms with van der Waals surface area (Å²) < 4.78 is 36.6. The molecule has 7 nitrogen and oxygen atoms in total. The first-order valence-electron chi connectivity index (χ1n) is 10.9. The van der Waals surface area contributed by atoms with E-state index in [9.17, 15) is 13.6 Å². The molecule has 0 saturated carbocycles. The predicted molar refractivity (Wildman–Crippen MR) is 123 cm³/mol. The molecular formula is C26H19F2N5O2. The van der Waals surface area contributed by atoms with Gasteiger partial charge in [0.1, 0.15) is 29.7 Å². The van der Waals surface area contributed by atoms with E-state index in [4.69, 9.17) is 15.9 Å². The van der Waals surface area contributed by atoms with Crippen LogP contribution in [-0.4, -0.2) is 21.5 Å². The fourth-order valence-corrected chi connectivity index (χ4v) is 4.74. The maximum Gasteiger partial charge on any atom is 0.251 e. The van der Waals surface area contributed by atoms with Crippen molar-refractivity contribution in [3.8, 4) is 5.69 Å². The van der Waals surface area contributed by atoms with Gasteiger partial charge in [-0.3, -0.25) is 10.2 Å². The number of rotatable bonds is 5. The zero-order chi connectivity index (χ0) is 24.3. The fraction of sp³-hybridized carbons (Fsp3) is 0.115. The summed E-state index contributed by atoms with van der Waals surface area (Å²) in [6.07, 6.45) is 3.08. The highest BCUT2D eigenvalue weighted by molar-refractivity contribution is 5.95. The summed E-state index contributed by atoms with van der Waals surface area (Å²) in [7, 11) is 0. The van der Waals surface area contributed by atoms with Gasteiger partial charge in [0.25, 0.3) is 5.91 Å². The molecule has 2 atom stereocenters. The summed E-state index contributed by atoms with van der Waals surface area (Å²) in [4.78, 5) is 12.8. The van der Waals surface area contributed by atoms with Gasteiger partial charge in [-0.2, -0.15) is 5.10 Å². The van der Waals surface area contributed by atoms with E-state index in [0.717, 1.165) is 40.1 Å². The van der Waals surface area contributed by atoms with Crippen molar-refractivity contribution in [2.75, 3.05) is 0 Å². The van der Waals surface area contributed by atoms with Crippen molar-refractivity contribution in [1.29, 1.82) is 5.41 Å². The second-order valence-corrected chi connectivity index (χ2v) is 8.52. The number of ether oxygens (including phenoxy) is 1. The van der Waals surface area contributed by atoms with Crippen LogP contribution in [0.15, 0.2) is 67.0 Å². The second-order valence-electron chi connectivity index (χ2n) is 8.52. The van der Waals surface area contributed by atoms with Crippen LogP contribution in [0.4, 0.5) is 8.78 Å². The van der Waals surface area contributed by atoms with Crippen molar-refractivity contribution in [3.05, 3.63) is 118 Å². The van der Waals surface area contributed by atoms with Gasteiger partial charge >= 0.3 is 0 Å². The molecule has 6 rings (SSSR count). The molecule has 2 bridgehead atoms. The average molecular weight is 471 g/mol. The third-order valence-corrected chi connectivity index (χ3v) is 6.47. The van der Waals surface area contributed by atoms with Crippen LogP contribution in [0, 0.1) is 17.0 Å². The lowest BCUT2D eigenvalue weighted by atomic mass is 9.85. The maximum absolute atomic E-state index is 14.3. The van der Waals surface area contributed by atoms with Crippen LogP contribution in [0.3, 0.4) is 0 Å². The van der Waals surface area contributed by atoms with Crippen LogP contribution in [-0.2, 0) is 11.3 Å². The predicted octanol–water partition coefficient (Wildman–Crippen LogP) is 3.89. The number of carbonyl (C=O) groups excluding carboxylic acids is 1. The monoisotopic (exact) mass is 471 g/mol. The summed E-state index contributed by atoms with van der Waals surface area (Å²) >= 11 is 0. The average Bonchev–Trinajstić information content (AvgIpc) is 3.59. The number of amidine groups is 1. The second kappa shape index (κ2) is 7.85. The molecule has 0 aliphatic carbocycles. The van der Waals surface area contributed by atoms with Crippen LogP contribution < -0.4 is 11.1 Å². The number of hydrogen-bond donors (Lipinski definition) is 3. The van der Waals surface area contributed by atoms with Crippen LogP contribution in [0.5, 0.6) is 0 Å². The Kier molecular flexibility index (Phi) is 4.75. The number of hydrogen-bond acceptors (Lipinski definition) is 4. The number of halogens is 2. The molecule has 2 aliphatic rings. The van der Waals surface area contributed by atoms with E-state index in [1.165, 1.54) is 0 Å². The number of carbonyl (C=O) groups is 1. The third-order valence-electron chi connectivity index (χ3n) is 6.47. The number of nitrogens with zero attached hydrogens (tertiary/aromatic N) is 2. The zero-order valence-electron chi connectivity index (χ0n) is 18.3. The Bertz CT molecular complexity index is 1490. The summed E-state index contributed by atoms with van der Waals surface area (Å²) in [5, 5.41) is 14.2. The van der Waals surface area contributed by atoms with E-state index < -0.39 is 23.4 Å². The van der Waals surface area contributed by atoms with E-state index in [-0.39, 0.29) is 29.9 Å². The van der Waals surface area contributed by atoms with Crippen molar-refractivity contribution in [1.82, 2.24) is 15.1 Å². The Morgan fingerprint density at radius 3 is 2.37 bits per heavy atom. The van der Waals surface area contributed by atoms with E-state index >= 15 is 0 Å². The van der Waals surface area contributed by atoms with E-state index in [2.05, 4.69) is 10.4 Å². The van der Waals surface area contributed by atoms with Crippen LogP contribution >= 0.6 is 0 Å². The normalized spacial score (nSPS) is 17.2. The summed E-state index contributed by atoms with van der Waals surface area (Å²) in [6.45, 7) is -0.343. The number of benzene rings is 3. The Morgan fingerprint density at radius 1 is 1.00 bits per heavy atom. The molecule has 3 aromatic carbocycles. The molecule has 0 radical (unpaired) electrons. The molecule has 1 aromatic heterocycles. The quantitative estimate of drug-likeness (QED) is 0.303. The number of aromatic nitrogens is 2. The summed E-state index contributed by atoms with van der Waals surface area (Å²) in [5.74, 6) is -2.65. The maximum atomic E-state index is 14.3. The molecule has 0 spiro atoms. The molecule has 4 N–H and O–H groups in total. The minimum Gasteiger partial charge on any atom is -0.384 e. The summed E-state index contributed by atoms with van der Waals surface area (Å²) in [6, 6.07) is 15.2. The third kappa shape index (κ3) is 3.39. The van der Waals surface area contributed by atoms with Gasteiger partial charge in [0.15, 0.2) is 0 Å². The number of nitrogens with one attached hydrogen (secondary N) is 2.